The number of hydrogen-bond donors (Lipinski definition) is 1. The molecule has 292 valence electrons. The van der Waals surface area contributed by atoms with Gasteiger partial charge in [-0.2, -0.15) is 0 Å². The Labute approximate surface area is 306 Å². The number of carbonyl (C=O) groups is 2. The summed E-state index contributed by atoms with van der Waals surface area (Å²) in [6.45, 7) is 12.4. The fraction of sp³-hybridized carbons (Fsp3) is 0.953. The molecule has 0 bridgehead atoms. The van der Waals surface area contributed by atoms with E-state index in [-0.39, 0.29) is 11.9 Å². The maximum absolute atomic E-state index is 12.3. The second kappa shape index (κ2) is 41.3. The molecule has 6 nitrogen and oxygen atoms in total. The van der Waals surface area contributed by atoms with E-state index in [1.807, 2.05) is 0 Å². The summed E-state index contributed by atoms with van der Waals surface area (Å²) in [5.41, 5.74) is 0. The monoisotopic (exact) mass is 695 g/mol. The van der Waals surface area contributed by atoms with Crippen molar-refractivity contribution in [3.05, 3.63) is 0 Å². The minimum Gasteiger partial charge on any atom is -0.466 e. The van der Waals surface area contributed by atoms with Gasteiger partial charge in [-0.25, -0.2) is 0 Å². The lowest BCUT2D eigenvalue weighted by atomic mass is 10.0. The summed E-state index contributed by atoms with van der Waals surface area (Å²) in [5.74, 6) is -0.139. The molecule has 0 aliphatic rings. The Morgan fingerprint density at radius 3 is 1.04 bits per heavy atom. The number of nitrogens with one attached hydrogen (secondary N) is 1. The van der Waals surface area contributed by atoms with Crippen molar-refractivity contribution in [1.29, 1.82) is 0 Å². The molecule has 49 heavy (non-hydrogen) atoms. The first-order valence-corrected chi connectivity index (χ1v) is 21.9. The number of rotatable bonds is 41. The third-order valence-electron chi connectivity index (χ3n) is 9.76. The predicted octanol–water partition coefficient (Wildman–Crippen LogP) is 12.1. The van der Waals surface area contributed by atoms with Gasteiger partial charge in [0.2, 0.25) is 0 Å². The molecule has 1 N–H and O–H groups in total. The van der Waals surface area contributed by atoms with Gasteiger partial charge >= 0.3 is 11.9 Å². The first-order chi connectivity index (χ1) is 24.1. The summed E-state index contributed by atoms with van der Waals surface area (Å²) in [4.78, 5) is 27.0. The standard InChI is InChI=1S/C43H86N2O4/c1-4-7-9-11-13-15-17-19-21-23-25-27-29-40-48-42(46)33-31-37-45(39-36-44-35-6-3)38-32-34-43(47)49-41-30-28-26-24-22-20-18-16-14-12-10-8-5-2/h44H,4-41H2,1-3H3. The highest BCUT2D eigenvalue weighted by atomic mass is 16.5. The third kappa shape index (κ3) is 39.5. The Bertz CT molecular complexity index is 624. The topological polar surface area (TPSA) is 67.9 Å². The average Bonchev–Trinajstić information content (AvgIpc) is 3.10. The predicted molar refractivity (Wildman–Crippen MR) is 211 cm³/mol. The molecule has 0 rings (SSSR count). The summed E-state index contributed by atoms with van der Waals surface area (Å²) >= 11 is 0. The maximum atomic E-state index is 12.3. The highest BCUT2D eigenvalue weighted by Gasteiger charge is 2.10. The normalized spacial score (nSPS) is 11.4. The summed E-state index contributed by atoms with van der Waals surface area (Å²) in [6.07, 6.45) is 38.0. The SMILES string of the molecule is CCCCCCCCCCCCCCCOC(=O)CCCN(CCCC(=O)OCCCCCCCCCCCCCCC)CCNCCC. The molecule has 0 atom stereocenters. The zero-order chi connectivity index (χ0) is 35.7. The van der Waals surface area contributed by atoms with E-state index in [1.165, 1.54) is 141 Å². The molecular weight excluding hydrogens is 608 g/mol. The van der Waals surface area contributed by atoms with Crippen molar-refractivity contribution in [2.24, 2.45) is 0 Å². The van der Waals surface area contributed by atoms with E-state index in [0.29, 0.717) is 26.1 Å². The molecule has 6 heteroatoms. The van der Waals surface area contributed by atoms with Crippen LogP contribution in [0.25, 0.3) is 0 Å². The van der Waals surface area contributed by atoms with Crippen LogP contribution < -0.4 is 5.32 Å². The molecule has 0 saturated heterocycles. The zero-order valence-corrected chi connectivity index (χ0v) is 33.5. The number of nitrogens with zero attached hydrogens (tertiary/aromatic N) is 1. The summed E-state index contributed by atoms with van der Waals surface area (Å²) < 4.78 is 11.0. The smallest absolute Gasteiger partial charge is 0.305 e. The molecule has 0 aliphatic heterocycles. The molecule has 0 unspecified atom stereocenters. The van der Waals surface area contributed by atoms with E-state index < -0.39 is 0 Å². The Hall–Kier alpha value is -1.14. The second-order valence-electron chi connectivity index (χ2n) is 14.7. The fourth-order valence-electron chi connectivity index (χ4n) is 6.52. The Balaban J connectivity index is 3.81. The van der Waals surface area contributed by atoms with E-state index in [0.717, 1.165) is 77.7 Å². The molecular formula is C43H86N2O4. The van der Waals surface area contributed by atoms with Crippen LogP contribution in [0.1, 0.15) is 220 Å². The molecule has 0 heterocycles. The Kier molecular flexibility index (Phi) is 40.3. The van der Waals surface area contributed by atoms with Crippen LogP contribution in [-0.2, 0) is 19.1 Å². The fourth-order valence-corrected chi connectivity index (χ4v) is 6.52. The van der Waals surface area contributed by atoms with Crippen LogP contribution in [0.4, 0.5) is 0 Å². The Morgan fingerprint density at radius 1 is 0.388 bits per heavy atom. The zero-order valence-electron chi connectivity index (χ0n) is 33.5. The molecule has 0 saturated carbocycles. The van der Waals surface area contributed by atoms with Crippen LogP contribution in [-0.4, -0.2) is 62.8 Å². The van der Waals surface area contributed by atoms with Crippen molar-refractivity contribution in [2.75, 3.05) is 45.9 Å². The molecule has 0 amide bonds. The van der Waals surface area contributed by atoms with Gasteiger partial charge in [0.05, 0.1) is 13.2 Å². The first kappa shape index (κ1) is 47.9. The van der Waals surface area contributed by atoms with Crippen molar-refractivity contribution in [1.82, 2.24) is 10.2 Å². The Morgan fingerprint density at radius 2 is 0.714 bits per heavy atom. The van der Waals surface area contributed by atoms with Crippen molar-refractivity contribution in [2.45, 2.75) is 220 Å². The average molecular weight is 695 g/mol. The van der Waals surface area contributed by atoms with Gasteiger partial charge in [0, 0.05) is 25.9 Å². The number of esters is 2. The lowest BCUT2D eigenvalue weighted by Crippen LogP contribution is -2.34. The van der Waals surface area contributed by atoms with Gasteiger partial charge in [0.25, 0.3) is 0 Å². The molecule has 0 spiro atoms. The molecule has 0 radical (unpaired) electrons. The van der Waals surface area contributed by atoms with Crippen LogP contribution in [0.5, 0.6) is 0 Å². The van der Waals surface area contributed by atoms with E-state index in [4.69, 9.17) is 9.47 Å². The van der Waals surface area contributed by atoms with Crippen molar-refractivity contribution in [3.8, 4) is 0 Å². The van der Waals surface area contributed by atoms with Crippen LogP contribution >= 0.6 is 0 Å². The van der Waals surface area contributed by atoms with Gasteiger partial charge < -0.3 is 19.7 Å². The molecule has 0 aromatic carbocycles. The van der Waals surface area contributed by atoms with Crippen LogP contribution in [0.15, 0.2) is 0 Å². The minimum atomic E-state index is -0.0697. The number of ether oxygens (including phenoxy) is 2. The van der Waals surface area contributed by atoms with Gasteiger partial charge in [-0.15, -0.1) is 0 Å². The van der Waals surface area contributed by atoms with E-state index >= 15 is 0 Å². The molecule has 0 aromatic rings. The lowest BCUT2D eigenvalue weighted by molar-refractivity contribution is -0.144. The number of hydrogen-bond acceptors (Lipinski definition) is 6. The lowest BCUT2D eigenvalue weighted by Gasteiger charge is -2.22. The largest absolute Gasteiger partial charge is 0.466 e. The quantitative estimate of drug-likeness (QED) is 0.0507. The van der Waals surface area contributed by atoms with Crippen LogP contribution in [0.3, 0.4) is 0 Å². The van der Waals surface area contributed by atoms with Crippen molar-refractivity contribution in [3.63, 3.8) is 0 Å². The van der Waals surface area contributed by atoms with Crippen molar-refractivity contribution >= 4 is 11.9 Å². The van der Waals surface area contributed by atoms with Crippen LogP contribution in [0, 0.1) is 0 Å². The molecule has 0 aromatic heterocycles. The van der Waals surface area contributed by atoms with Gasteiger partial charge in [0.1, 0.15) is 0 Å². The van der Waals surface area contributed by atoms with Crippen molar-refractivity contribution < 1.29 is 19.1 Å². The van der Waals surface area contributed by atoms with Gasteiger partial charge in [-0.05, 0) is 51.7 Å². The maximum Gasteiger partial charge on any atom is 0.305 e. The number of unbranched alkanes of at least 4 members (excludes halogenated alkanes) is 24. The minimum absolute atomic E-state index is 0.0697. The third-order valence-corrected chi connectivity index (χ3v) is 9.76. The van der Waals surface area contributed by atoms with E-state index in [9.17, 15) is 9.59 Å². The highest BCUT2D eigenvalue weighted by molar-refractivity contribution is 5.69. The molecule has 0 aliphatic carbocycles. The van der Waals surface area contributed by atoms with E-state index in [1.54, 1.807) is 0 Å². The second-order valence-corrected chi connectivity index (χ2v) is 14.7. The summed E-state index contributed by atoms with van der Waals surface area (Å²) in [6, 6.07) is 0. The highest BCUT2D eigenvalue weighted by Crippen LogP contribution is 2.14. The molecule has 0 fully saturated rings. The summed E-state index contributed by atoms with van der Waals surface area (Å²) in [7, 11) is 0. The first-order valence-electron chi connectivity index (χ1n) is 21.9. The van der Waals surface area contributed by atoms with Gasteiger partial charge in [-0.1, -0.05) is 175 Å². The van der Waals surface area contributed by atoms with Gasteiger partial charge in [0.15, 0.2) is 0 Å². The van der Waals surface area contributed by atoms with Gasteiger partial charge in [-0.3, -0.25) is 9.59 Å². The number of carbonyl (C=O) groups excluding carboxylic acids is 2. The van der Waals surface area contributed by atoms with E-state index in [2.05, 4.69) is 31.0 Å². The van der Waals surface area contributed by atoms with Crippen LogP contribution in [0.2, 0.25) is 0 Å². The summed E-state index contributed by atoms with van der Waals surface area (Å²) in [5, 5.41) is 3.48.